The number of halogens is 1. The lowest BCUT2D eigenvalue weighted by molar-refractivity contribution is -0.130. The van der Waals surface area contributed by atoms with Crippen LogP contribution in [-0.2, 0) is 9.59 Å². The molecule has 2 N–H and O–H groups in total. The fourth-order valence-electron chi connectivity index (χ4n) is 1.32. The smallest absolute Gasteiger partial charge is 0.276 e. The summed E-state index contributed by atoms with van der Waals surface area (Å²) < 4.78 is 5.21. The van der Waals surface area contributed by atoms with Gasteiger partial charge in [0.1, 0.15) is 5.75 Å². The highest BCUT2D eigenvalue weighted by atomic mass is 35.5. The lowest BCUT2D eigenvalue weighted by Gasteiger charge is -2.09. The Morgan fingerprint density at radius 3 is 2.67 bits per heavy atom. The molecule has 5 nitrogen and oxygen atoms in total. The molecule has 1 aromatic carbocycles. The van der Waals surface area contributed by atoms with Gasteiger partial charge in [0.05, 0.1) is 5.02 Å². The Balaban J connectivity index is 1.71. The van der Waals surface area contributed by atoms with Gasteiger partial charge in [0.15, 0.2) is 6.61 Å². The fourth-order valence-corrected chi connectivity index (χ4v) is 1.51. The SMILES string of the molecule is O=C(COc1ccccc1Cl)NNC(=O)C1CC1. The summed E-state index contributed by atoms with van der Waals surface area (Å²) in [4.78, 5) is 22.6. The molecule has 0 aromatic heterocycles. The van der Waals surface area contributed by atoms with E-state index in [1.807, 2.05) is 0 Å². The predicted octanol–water partition coefficient (Wildman–Crippen LogP) is 1.28. The average Bonchev–Trinajstić information content (AvgIpc) is 3.19. The van der Waals surface area contributed by atoms with Crippen molar-refractivity contribution in [2.24, 2.45) is 5.92 Å². The first kappa shape index (κ1) is 12.7. The predicted molar refractivity (Wildman–Crippen MR) is 66.0 cm³/mol. The minimum absolute atomic E-state index is 0.0507. The van der Waals surface area contributed by atoms with Crippen LogP contribution < -0.4 is 15.6 Å². The van der Waals surface area contributed by atoms with Gasteiger partial charge in [-0.3, -0.25) is 20.4 Å². The number of nitrogens with one attached hydrogen (secondary N) is 2. The first-order valence-corrected chi connectivity index (χ1v) is 6.00. The first-order valence-electron chi connectivity index (χ1n) is 5.63. The number of ether oxygens (including phenoxy) is 1. The minimum atomic E-state index is -0.427. The molecule has 0 radical (unpaired) electrons. The zero-order chi connectivity index (χ0) is 13.0. The van der Waals surface area contributed by atoms with Crippen LogP contribution in [-0.4, -0.2) is 18.4 Å². The molecule has 0 aliphatic heterocycles. The second kappa shape index (κ2) is 5.73. The molecule has 2 rings (SSSR count). The zero-order valence-electron chi connectivity index (χ0n) is 9.61. The summed E-state index contributed by atoms with van der Waals surface area (Å²) in [5.74, 6) is -0.0948. The van der Waals surface area contributed by atoms with E-state index in [1.54, 1.807) is 24.3 Å². The molecule has 0 unspecified atom stereocenters. The third-order valence-electron chi connectivity index (χ3n) is 2.47. The molecule has 0 spiro atoms. The zero-order valence-corrected chi connectivity index (χ0v) is 10.4. The number of benzene rings is 1. The van der Waals surface area contributed by atoms with Gasteiger partial charge in [-0.2, -0.15) is 0 Å². The lowest BCUT2D eigenvalue weighted by Crippen LogP contribution is -2.44. The van der Waals surface area contributed by atoms with Gasteiger partial charge in [-0.15, -0.1) is 0 Å². The maximum absolute atomic E-state index is 11.4. The van der Waals surface area contributed by atoms with Crippen molar-refractivity contribution in [3.63, 3.8) is 0 Å². The van der Waals surface area contributed by atoms with Crippen molar-refractivity contribution in [1.29, 1.82) is 0 Å². The van der Waals surface area contributed by atoms with E-state index in [0.29, 0.717) is 10.8 Å². The van der Waals surface area contributed by atoms with E-state index in [0.717, 1.165) is 12.8 Å². The molecular formula is C12H13ClN2O3. The Labute approximate surface area is 109 Å². The van der Waals surface area contributed by atoms with Crippen molar-refractivity contribution in [1.82, 2.24) is 10.9 Å². The van der Waals surface area contributed by atoms with E-state index in [4.69, 9.17) is 16.3 Å². The molecule has 2 amide bonds. The molecule has 0 saturated heterocycles. The highest BCUT2D eigenvalue weighted by molar-refractivity contribution is 6.32. The number of amides is 2. The van der Waals surface area contributed by atoms with Crippen LogP contribution in [0.1, 0.15) is 12.8 Å². The maximum Gasteiger partial charge on any atom is 0.276 e. The average molecular weight is 269 g/mol. The van der Waals surface area contributed by atoms with Crippen LogP contribution in [0.2, 0.25) is 5.02 Å². The van der Waals surface area contributed by atoms with Crippen molar-refractivity contribution < 1.29 is 14.3 Å². The van der Waals surface area contributed by atoms with Crippen molar-refractivity contribution in [3.05, 3.63) is 29.3 Å². The number of hydrazine groups is 1. The standard InChI is InChI=1S/C12H13ClN2O3/c13-9-3-1-2-4-10(9)18-7-11(16)14-15-12(17)8-5-6-8/h1-4,8H,5-7H2,(H,14,16)(H,15,17). The van der Waals surface area contributed by atoms with Crippen LogP contribution in [0.4, 0.5) is 0 Å². The Morgan fingerprint density at radius 1 is 1.28 bits per heavy atom. The van der Waals surface area contributed by atoms with Crippen LogP contribution in [0.3, 0.4) is 0 Å². The van der Waals surface area contributed by atoms with Gasteiger partial charge >= 0.3 is 0 Å². The van der Waals surface area contributed by atoms with Crippen molar-refractivity contribution in [2.75, 3.05) is 6.61 Å². The number of hydrogen-bond acceptors (Lipinski definition) is 3. The summed E-state index contributed by atoms with van der Waals surface area (Å²) in [6.45, 7) is -0.200. The largest absolute Gasteiger partial charge is 0.482 e. The van der Waals surface area contributed by atoms with E-state index >= 15 is 0 Å². The summed E-state index contributed by atoms with van der Waals surface area (Å²) in [5.41, 5.74) is 4.63. The number of carbonyl (C=O) groups is 2. The summed E-state index contributed by atoms with van der Waals surface area (Å²) in [7, 11) is 0. The second-order valence-electron chi connectivity index (χ2n) is 4.03. The normalized spacial score (nSPS) is 13.8. The Hall–Kier alpha value is -1.75. The quantitative estimate of drug-likeness (QED) is 0.809. The van der Waals surface area contributed by atoms with Gasteiger partial charge in [0.25, 0.3) is 5.91 Å². The highest BCUT2D eigenvalue weighted by Gasteiger charge is 2.29. The van der Waals surface area contributed by atoms with Crippen LogP contribution in [0, 0.1) is 5.92 Å². The number of para-hydroxylation sites is 1. The van der Waals surface area contributed by atoms with E-state index in [-0.39, 0.29) is 18.4 Å². The molecule has 0 atom stereocenters. The van der Waals surface area contributed by atoms with Crippen molar-refractivity contribution in [2.45, 2.75) is 12.8 Å². The molecule has 0 heterocycles. The van der Waals surface area contributed by atoms with Crippen LogP contribution in [0.15, 0.2) is 24.3 Å². The summed E-state index contributed by atoms with van der Waals surface area (Å²) in [5, 5.41) is 0.437. The van der Waals surface area contributed by atoms with E-state index < -0.39 is 5.91 Å². The summed E-state index contributed by atoms with van der Waals surface area (Å²) >= 11 is 5.86. The van der Waals surface area contributed by atoms with Crippen molar-refractivity contribution in [3.8, 4) is 5.75 Å². The Bertz CT molecular complexity index is 460. The molecule has 1 fully saturated rings. The monoisotopic (exact) mass is 268 g/mol. The molecule has 18 heavy (non-hydrogen) atoms. The van der Waals surface area contributed by atoms with E-state index in [2.05, 4.69) is 10.9 Å². The van der Waals surface area contributed by atoms with Gasteiger partial charge in [0, 0.05) is 5.92 Å². The Kier molecular flexibility index (Phi) is 4.04. The van der Waals surface area contributed by atoms with Crippen LogP contribution in [0.5, 0.6) is 5.75 Å². The highest BCUT2D eigenvalue weighted by Crippen LogP contribution is 2.28. The third-order valence-corrected chi connectivity index (χ3v) is 2.78. The van der Waals surface area contributed by atoms with E-state index in [9.17, 15) is 9.59 Å². The molecule has 96 valence electrons. The topological polar surface area (TPSA) is 67.4 Å². The van der Waals surface area contributed by atoms with Gasteiger partial charge in [0.2, 0.25) is 5.91 Å². The van der Waals surface area contributed by atoms with Crippen LogP contribution >= 0.6 is 11.6 Å². The van der Waals surface area contributed by atoms with Gasteiger partial charge in [-0.05, 0) is 25.0 Å². The molecule has 1 aromatic rings. The minimum Gasteiger partial charge on any atom is -0.482 e. The number of hydrogen-bond donors (Lipinski definition) is 2. The molecule has 1 saturated carbocycles. The first-order chi connectivity index (χ1) is 8.66. The molecule has 6 heteroatoms. The maximum atomic E-state index is 11.4. The number of rotatable bonds is 4. The molecule has 1 aliphatic rings. The lowest BCUT2D eigenvalue weighted by atomic mass is 10.3. The molecular weight excluding hydrogens is 256 g/mol. The molecule has 1 aliphatic carbocycles. The second-order valence-corrected chi connectivity index (χ2v) is 4.44. The molecule has 0 bridgehead atoms. The van der Waals surface area contributed by atoms with Gasteiger partial charge < -0.3 is 4.74 Å². The summed E-state index contributed by atoms with van der Waals surface area (Å²) in [6.07, 6.45) is 1.77. The van der Waals surface area contributed by atoms with E-state index in [1.165, 1.54) is 0 Å². The van der Waals surface area contributed by atoms with Crippen molar-refractivity contribution >= 4 is 23.4 Å². The number of carbonyl (C=O) groups excluding carboxylic acids is 2. The fraction of sp³-hybridized carbons (Fsp3) is 0.333. The third kappa shape index (κ3) is 3.63. The Morgan fingerprint density at radius 2 is 2.00 bits per heavy atom. The van der Waals surface area contributed by atoms with Gasteiger partial charge in [-0.25, -0.2) is 0 Å². The van der Waals surface area contributed by atoms with Gasteiger partial charge in [-0.1, -0.05) is 23.7 Å². The summed E-state index contributed by atoms with van der Waals surface area (Å²) in [6, 6.07) is 6.86. The van der Waals surface area contributed by atoms with Crippen LogP contribution in [0.25, 0.3) is 0 Å².